The van der Waals surface area contributed by atoms with Gasteiger partial charge in [-0.05, 0) is 24.6 Å². The lowest BCUT2D eigenvalue weighted by atomic mass is 10.1. The molecule has 0 unspecified atom stereocenters. The summed E-state index contributed by atoms with van der Waals surface area (Å²) in [5.41, 5.74) is 2.10. The number of benzene rings is 2. The Balaban J connectivity index is 2.03. The van der Waals surface area contributed by atoms with Gasteiger partial charge in [0.15, 0.2) is 11.5 Å². The summed E-state index contributed by atoms with van der Waals surface area (Å²) in [5.74, 6) is 0.704. The standard InChI is InChI=1S/C16H16O3/c1-12-7-9-13(10-8-12)11-16(17)19-15-6-4-3-5-14(15)18-2/h3-10H,11H2,1-2H3. The van der Waals surface area contributed by atoms with Crippen LogP contribution in [0.3, 0.4) is 0 Å². The summed E-state index contributed by atoms with van der Waals surface area (Å²) in [6.45, 7) is 2.01. The van der Waals surface area contributed by atoms with E-state index in [1.807, 2.05) is 37.3 Å². The Kier molecular flexibility index (Phi) is 4.18. The Hall–Kier alpha value is -2.29. The third-order valence-corrected chi connectivity index (χ3v) is 2.76. The Labute approximate surface area is 112 Å². The van der Waals surface area contributed by atoms with Crippen molar-refractivity contribution in [2.75, 3.05) is 7.11 Å². The van der Waals surface area contributed by atoms with Crippen LogP contribution in [0.15, 0.2) is 48.5 Å². The van der Waals surface area contributed by atoms with Crippen LogP contribution in [0.4, 0.5) is 0 Å². The SMILES string of the molecule is COc1ccccc1OC(=O)Cc1ccc(C)cc1. The molecule has 0 aliphatic heterocycles. The molecule has 2 aromatic carbocycles. The van der Waals surface area contributed by atoms with E-state index in [9.17, 15) is 4.79 Å². The summed E-state index contributed by atoms with van der Waals surface area (Å²) in [4.78, 5) is 11.9. The highest BCUT2D eigenvalue weighted by Gasteiger charge is 2.09. The predicted molar refractivity (Wildman–Crippen MR) is 73.5 cm³/mol. The third-order valence-electron chi connectivity index (χ3n) is 2.76. The molecule has 98 valence electrons. The maximum absolute atomic E-state index is 11.9. The average molecular weight is 256 g/mol. The smallest absolute Gasteiger partial charge is 0.315 e. The summed E-state index contributed by atoms with van der Waals surface area (Å²) in [5, 5.41) is 0. The molecule has 0 saturated carbocycles. The molecule has 0 fully saturated rings. The van der Waals surface area contributed by atoms with E-state index in [1.54, 1.807) is 25.3 Å². The molecule has 0 saturated heterocycles. The van der Waals surface area contributed by atoms with Crippen LogP contribution in [0, 0.1) is 6.92 Å². The molecule has 0 aromatic heterocycles. The van der Waals surface area contributed by atoms with Crippen LogP contribution >= 0.6 is 0 Å². The Bertz CT molecular complexity index is 558. The number of para-hydroxylation sites is 2. The predicted octanol–water partition coefficient (Wildman–Crippen LogP) is 3.15. The molecule has 0 N–H and O–H groups in total. The number of aryl methyl sites for hydroxylation is 1. The van der Waals surface area contributed by atoms with Crippen LogP contribution in [-0.4, -0.2) is 13.1 Å². The minimum atomic E-state index is -0.298. The Morgan fingerprint density at radius 3 is 2.26 bits per heavy atom. The van der Waals surface area contributed by atoms with Gasteiger partial charge in [-0.15, -0.1) is 0 Å². The van der Waals surface area contributed by atoms with Crippen LogP contribution in [0.5, 0.6) is 11.5 Å². The maximum Gasteiger partial charge on any atom is 0.315 e. The third kappa shape index (κ3) is 3.58. The van der Waals surface area contributed by atoms with Crippen LogP contribution in [0.25, 0.3) is 0 Å². The second kappa shape index (κ2) is 6.05. The zero-order valence-electron chi connectivity index (χ0n) is 11.1. The number of carbonyl (C=O) groups is 1. The van der Waals surface area contributed by atoms with Crippen molar-refractivity contribution in [2.45, 2.75) is 13.3 Å². The van der Waals surface area contributed by atoms with Crippen LogP contribution in [0.2, 0.25) is 0 Å². The van der Waals surface area contributed by atoms with Gasteiger partial charge in [0.25, 0.3) is 0 Å². The van der Waals surface area contributed by atoms with E-state index >= 15 is 0 Å². The molecule has 2 aromatic rings. The molecule has 3 nitrogen and oxygen atoms in total. The molecular formula is C16H16O3. The number of hydrogen-bond donors (Lipinski definition) is 0. The maximum atomic E-state index is 11.9. The van der Waals surface area contributed by atoms with Gasteiger partial charge in [-0.2, -0.15) is 0 Å². The molecular weight excluding hydrogens is 240 g/mol. The lowest BCUT2D eigenvalue weighted by Crippen LogP contribution is -2.11. The lowest BCUT2D eigenvalue weighted by molar-refractivity contribution is -0.133. The van der Waals surface area contributed by atoms with E-state index in [2.05, 4.69) is 0 Å². The molecule has 0 bridgehead atoms. The molecule has 19 heavy (non-hydrogen) atoms. The minimum Gasteiger partial charge on any atom is -0.493 e. The van der Waals surface area contributed by atoms with Crippen molar-refractivity contribution in [1.82, 2.24) is 0 Å². The number of ether oxygens (including phenoxy) is 2. The minimum absolute atomic E-state index is 0.248. The largest absolute Gasteiger partial charge is 0.493 e. The van der Waals surface area contributed by atoms with E-state index < -0.39 is 0 Å². The summed E-state index contributed by atoms with van der Waals surface area (Å²) < 4.78 is 10.4. The first-order valence-corrected chi connectivity index (χ1v) is 6.08. The van der Waals surface area contributed by atoms with Gasteiger partial charge < -0.3 is 9.47 Å². The topological polar surface area (TPSA) is 35.5 Å². The molecule has 0 spiro atoms. The molecule has 3 heteroatoms. The van der Waals surface area contributed by atoms with Gasteiger partial charge >= 0.3 is 5.97 Å². The first kappa shape index (κ1) is 13.1. The van der Waals surface area contributed by atoms with E-state index in [1.165, 1.54) is 5.56 Å². The monoisotopic (exact) mass is 256 g/mol. The van der Waals surface area contributed by atoms with E-state index in [-0.39, 0.29) is 12.4 Å². The molecule has 0 amide bonds. The normalized spacial score (nSPS) is 10.0. The zero-order valence-corrected chi connectivity index (χ0v) is 11.1. The van der Waals surface area contributed by atoms with Crippen molar-refractivity contribution in [3.8, 4) is 11.5 Å². The van der Waals surface area contributed by atoms with Gasteiger partial charge in [0.1, 0.15) is 0 Å². The lowest BCUT2D eigenvalue weighted by Gasteiger charge is -2.08. The molecule has 2 rings (SSSR count). The van der Waals surface area contributed by atoms with Crippen LogP contribution < -0.4 is 9.47 Å². The summed E-state index contributed by atoms with van der Waals surface area (Å²) >= 11 is 0. The number of hydrogen-bond acceptors (Lipinski definition) is 3. The number of carbonyl (C=O) groups excluding carboxylic acids is 1. The highest BCUT2D eigenvalue weighted by Crippen LogP contribution is 2.26. The van der Waals surface area contributed by atoms with Gasteiger partial charge in [-0.25, -0.2) is 0 Å². The van der Waals surface area contributed by atoms with Crippen molar-refractivity contribution in [3.63, 3.8) is 0 Å². The second-order valence-corrected chi connectivity index (χ2v) is 4.29. The Morgan fingerprint density at radius 2 is 1.63 bits per heavy atom. The highest BCUT2D eigenvalue weighted by atomic mass is 16.6. The van der Waals surface area contributed by atoms with Crippen molar-refractivity contribution < 1.29 is 14.3 Å². The Morgan fingerprint density at radius 1 is 1.00 bits per heavy atom. The van der Waals surface area contributed by atoms with Crippen molar-refractivity contribution in [1.29, 1.82) is 0 Å². The molecule has 0 heterocycles. The summed E-state index contributed by atoms with van der Waals surface area (Å²) in [6.07, 6.45) is 0.248. The van der Waals surface area contributed by atoms with Crippen molar-refractivity contribution in [2.24, 2.45) is 0 Å². The highest BCUT2D eigenvalue weighted by molar-refractivity contribution is 5.75. The first-order chi connectivity index (χ1) is 9.19. The van der Waals surface area contributed by atoms with Crippen molar-refractivity contribution >= 4 is 5.97 Å². The van der Waals surface area contributed by atoms with Crippen molar-refractivity contribution in [3.05, 3.63) is 59.7 Å². The molecule has 0 atom stereocenters. The van der Waals surface area contributed by atoms with Gasteiger partial charge in [0.05, 0.1) is 13.5 Å². The average Bonchev–Trinajstić information content (AvgIpc) is 2.42. The first-order valence-electron chi connectivity index (χ1n) is 6.08. The molecule has 0 radical (unpaired) electrons. The van der Waals surface area contributed by atoms with E-state index in [4.69, 9.17) is 9.47 Å². The van der Waals surface area contributed by atoms with Gasteiger partial charge in [-0.3, -0.25) is 4.79 Å². The van der Waals surface area contributed by atoms with Gasteiger partial charge in [0, 0.05) is 0 Å². The second-order valence-electron chi connectivity index (χ2n) is 4.29. The number of rotatable bonds is 4. The zero-order chi connectivity index (χ0) is 13.7. The van der Waals surface area contributed by atoms with Crippen LogP contribution in [-0.2, 0) is 11.2 Å². The number of esters is 1. The fourth-order valence-corrected chi connectivity index (χ4v) is 1.73. The summed E-state index contributed by atoms with van der Waals surface area (Å²) in [7, 11) is 1.55. The number of methoxy groups -OCH3 is 1. The van der Waals surface area contributed by atoms with E-state index in [0.29, 0.717) is 11.5 Å². The van der Waals surface area contributed by atoms with Gasteiger partial charge in [0.2, 0.25) is 0 Å². The quantitative estimate of drug-likeness (QED) is 0.622. The van der Waals surface area contributed by atoms with E-state index in [0.717, 1.165) is 5.56 Å². The fourth-order valence-electron chi connectivity index (χ4n) is 1.73. The van der Waals surface area contributed by atoms with Crippen LogP contribution in [0.1, 0.15) is 11.1 Å². The fraction of sp³-hybridized carbons (Fsp3) is 0.188. The van der Waals surface area contributed by atoms with Gasteiger partial charge in [-0.1, -0.05) is 42.0 Å². The summed E-state index contributed by atoms with van der Waals surface area (Å²) in [6, 6.07) is 14.9. The molecule has 0 aliphatic rings. The molecule has 0 aliphatic carbocycles.